The second kappa shape index (κ2) is 6.82. The van der Waals surface area contributed by atoms with Gasteiger partial charge in [-0.05, 0) is 30.6 Å². The molecule has 0 aromatic carbocycles. The normalized spacial score (nSPS) is 18.9. The molecule has 94 valence electrons. The summed E-state index contributed by atoms with van der Waals surface area (Å²) in [5, 5.41) is 6.58. The van der Waals surface area contributed by atoms with Gasteiger partial charge in [0.15, 0.2) is 0 Å². The van der Waals surface area contributed by atoms with Crippen LogP contribution < -0.4 is 10.6 Å². The first-order valence-corrected chi connectivity index (χ1v) is 6.79. The van der Waals surface area contributed by atoms with Gasteiger partial charge < -0.3 is 10.6 Å². The van der Waals surface area contributed by atoms with Gasteiger partial charge in [-0.3, -0.25) is 0 Å². The van der Waals surface area contributed by atoms with E-state index in [0.29, 0.717) is 0 Å². The molecule has 2 atom stereocenters. The molecule has 0 radical (unpaired) electrons. The molecule has 1 aliphatic heterocycles. The molecule has 0 saturated carbocycles. The summed E-state index contributed by atoms with van der Waals surface area (Å²) < 4.78 is 0. The molecule has 2 heteroatoms. The molecular weight excluding hydrogens is 196 g/mol. The molecule has 0 spiro atoms. The predicted octanol–water partition coefficient (Wildman–Crippen LogP) is 3.47. The van der Waals surface area contributed by atoms with Gasteiger partial charge in [0.25, 0.3) is 0 Å². The largest absolute Gasteiger partial charge is 0.372 e. The number of rotatable bonds is 7. The Morgan fingerprint density at radius 1 is 1.31 bits per heavy atom. The van der Waals surface area contributed by atoms with Gasteiger partial charge in [0.05, 0.1) is 6.67 Å². The van der Waals surface area contributed by atoms with E-state index in [1.165, 1.54) is 31.4 Å². The maximum absolute atomic E-state index is 3.37. The highest BCUT2D eigenvalue weighted by Crippen LogP contribution is 2.27. The van der Waals surface area contributed by atoms with Crippen LogP contribution in [-0.2, 0) is 0 Å². The Labute approximate surface area is 101 Å². The predicted molar refractivity (Wildman–Crippen MR) is 70.9 cm³/mol. The Bertz CT molecular complexity index is 221. The second-order valence-corrected chi connectivity index (χ2v) is 5.57. The highest BCUT2D eigenvalue weighted by atomic mass is 15.1. The first kappa shape index (κ1) is 13.4. The van der Waals surface area contributed by atoms with Crippen molar-refractivity contribution in [1.29, 1.82) is 0 Å². The lowest BCUT2D eigenvalue weighted by Crippen LogP contribution is -2.17. The first-order chi connectivity index (χ1) is 7.63. The maximum atomic E-state index is 3.37. The van der Waals surface area contributed by atoms with Crippen LogP contribution in [-0.4, -0.2) is 6.67 Å². The average molecular weight is 224 g/mol. The fourth-order valence-electron chi connectivity index (χ4n) is 2.59. The molecule has 0 aromatic rings. The molecule has 2 N–H and O–H groups in total. The van der Waals surface area contributed by atoms with Crippen LogP contribution >= 0.6 is 0 Å². The summed E-state index contributed by atoms with van der Waals surface area (Å²) in [5.41, 5.74) is 1.38. The zero-order valence-electron chi connectivity index (χ0n) is 11.3. The monoisotopic (exact) mass is 224 g/mol. The Kier molecular flexibility index (Phi) is 5.72. The van der Waals surface area contributed by atoms with E-state index in [-0.39, 0.29) is 0 Å². The van der Waals surface area contributed by atoms with Crippen molar-refractivity contribution >= 4 is 0 Å². The van der Waals surface area contributed by atoms with Crippen molar-refractivity contribution < 1.29 is 0 Å². The third kappa shape index (κ3) is 4.46. The van der Waals surface area contributed by atoms with Crippen molar-refractivity contribution in [3.8, 4) is 0 Å². The standard InChI is InChI=1S/C14H28N2/c1-5-6-13(11(2)3)7-12(4)8-14-9-15-10-16-14/h9,11-13,15-16H,5-8,10H2,1-4H3. The minimum Gasteiger partial charge on any atom is -0.372 e. The molecule has 16 heavy (non-hydrogen) atoms. The number of hydrogen-bond donors (Lipinski definition) is 2. The minimum atomic E-state index is 0.789. The van der Waals surface area contributed by atoms with E-state index in [2.05, 4.69) is 44.5 Å². The molecule has 0 fully saturated rings. The van der Waals surface area contributed by atoms with Gasteiger partial charge in [0.1, 0.15) is 0 Å². The summed E-state index contributed by atoms with van der Waals surface area (Å²) in [5.74, 6) is 2.51. The average Bonchev–Trinajstić information content (AvgIpc) is 2.69. The van der Waals surface area contributed by atoms with E-state index in [9.17, 15) is 0 Å². The SMILES string of the molecule is CCCC(CC(C)CC1=CNCN1)C(C)C. The van der Waals surface area contributed by atoms with Crippen LogP contribution in [0.3, 0.4) is 0 Å². The molecule has 0 aliphatic carbocycles. The quantitative estimate of drug-likeness (QED) is 0.692. The fraction of sp³-hybridized carbons (Fsp3) is 0.857. The van der Waals surface area contributed by atoms with Gasteiger partial charge in [-0.25, -0.2) is 0 Å². The summed E-state index contributed by atoms with van der Waals surface area (Å²) in [7, 11) is 0. The zero-order chi connectivity index (χ0) is 12.0. The fourth-order valence-corrected chi connectivity index (χ4v) is 2.59. The smallest absolute Gasteiger partial charge is 0.0843 e. The summed E-state index contributed by atoms with van der Waals surface area (Å²) in [6.45, 7) is 10.3. The van der Waals surface area contributed by atoms with Gasteiger partial charge in [-0.2, -0.15) is 0 Å². The van der Waals surface area contributed by atoms with E-state index in [1.54, 1.807) is 0 Å². The maximum Gasteiger partial charge on any atom is 0.0843 e. The zero-order valence-corrected chi connectivity index (χ0v) is 11.3. The van der Waals surface area contributed by atoms with E-state index in [4.69, 9.17) is 0 Å². The van der Waals surface area contributed by atoms with E-state index in [1.807, 2.05) is 0 Å². The Hall–Kier alpha value is -0.660. The van der Waals surface area contributed by atoms with Gasteiger partial charge in [0, 0.05) is 11.9 Å². The third-order valence-electron chi connectivity index (χ3n) is 3.57. The molecule has 0 bridgehead atoms. The topological polar surface area (TPSA) is 24.1 Å². The molecular formula is C14H28N2. The minimum absolute atomic E-state index is 0.789. The van der Waals surface area contributed by atoms with Crippen molar-refractivity contribution in [2.24, 2.45) is 17.8 Å². The van der Waals surface area contributed by atoms with Crippen LogP contribution in [0.2, 0.25) is 0 Å². The van der Waals surface area contributed by atoms with Crippen molar-refractivity contribution in [1.82, 2.24) is 10.6 Å². The molecule has 0 saturated heterocycles. The van der Waals surface area contributed by atoms with Crippen LogP contribution in [0.25, 0.3) is 0 Å². The lowest BCUT2D eigenvalue weighted by molar-refractivity contribution is 0.285. The lowest BCUT2D eigenvalue weighted by atomic mass is 9.82. The Balaban J connectivity index is 2.32. The van der Waals surface area contributed by atoms with Gasteiger partial charge in [-0.1, -0.05) is 40.5 Å². The van der Waals surface area contributed by atoms with Crippen LogP contribution in [0.15, 0.2) is 11.9 Å². The lowest BCUT2D eigenvalue weighted by Gasteiger charge is -2.24. The molecule has 1 rings (SSSR count). The summed E-state index contributed by atoms with van der Waals surface area (Å²) in [6, 6.07) is 0. The first-order valence-electron chi connectivity index (χ1n) is 6.79. The molecule has 2 unspecified atom stereocenters. The van der Waals surface area contributed by atoms with Crippen molar-refractivity contribution in [3.05, 3.63) is 11.9 Å². The highest BCUT2D eigenvalue weighted by Gasteiger charge is 2.17. The van der Waals surface area contributed by atoms with Crippen molar-refractivity contribution in [3.63, 3.8) is 0 Å². The van der Waals surface area contributed by atoms with Crippen molar-refractivity contribution in [2.75, 3.05) is 6.67 Å². The number of allylic oxidation sites excluding steroid dienone is 1. The van der Waals surface area contributed by atoms with Gasteiger partial charge in [-0.15, -0.1) is 0 Å². The third-order valence-corrected chi connectivity index (χ3v) is 3.57. The highest BCUT2D eigenvalue weighted by molar-refractivity contribution is 5.03. The second-order valence-electron chi connectivity index (χ2n) is 5.57. The molecule has 1 heterocycles. The van der Waals surface area contributed by atoms with Gasteiger partial charge >= 0.3 is 0 Å². The summed E-state index contributed by atoms with van der Waals surface area (Å²) in [4.78, 5) is 0. The van der Waals surface area contributed by atoms with E-state index in [0.717, 1.165) is 24.4 Å². The summed E-state index contributed by atoms with van der Waals surface area (Å²) >= 11 is 0. The Morgan fingerprint density at radius 2 is 2.06 bits per heavy atom. The van der Waals surface area contributed by atoms with E-state index >= 15 is 0 Å². The van der Waals surface area contributed by atoms with Crippen LogP contribution in [0.5, 0.6) is 0 Å². The van der Waals surface area contributed by atoms with Crippen molar-refractivity contribution in [2.45, 2.75) is 53.4 Å². The van der Waals surface area contributed by atoms with Crippen LogP contribution in [0, 0.1) is 17.8 Å². The molecule has 0 amide bonds. The Morgan fingerprint density at radius 3 is 2.56 bits per heavy atom. The van der Waals surface area contributed by atoms with Gasteiger partial charge in [0.2, 0.25) is 0 Å². The molecule has 2 nitrogen and oxygen atoms in total. The number of hydrogen-bond acceptors (Lipinski definition) is 2. The van der Waals surface area contributed by atoms with Crippen LogP contribution in [0.1, 0.15) is 53.4 Å². The van der Waals surface area contributed by atoms with E-state index < -0.39 is 0 Å². The number of nitrogens with one attached hydrogen (secondary N) is 2. The van der Waals surface area contributed by atoms with Crippen LogP contribution in [0.4, 0.5) is 0 Å². The molecule has 0 aromatic heterocycles. The molecule has 1 aliphatic rings. The summed E-state index contributed by atoms with van der Waals surface area (Å²) in [6.07, 6.45) is 7.38.